The van der Waals surface area contributed by atoms with Crippen molar-refractivity contribution in [1.29, 1.82) is 0 Å². The van der Waals surface area contributed by atoms with Gasteiger partial charge in [0, 0.05) is 24.9 Å². The van der Waals surface area contributed by atoms with Gasteiger partial charge in [0.2, 0.25) is 11.8 Å². The molecular formula is C27H37FN4O3. The van der Waals surface area contributed by atoms with E-state index in [2.05, 4.69) is 24.5 Å². The highest BCUT2D eigenvalue weighted by atomic mass is 19.1. The smallest absolute Gasteiger partial charge is 0.273 e. The maximum Gasteiger partial charge on any atom is 0.273 e. The first-order valence-electron chi connectivity index (χ1n) is 12.8. The monoisotopic (exact) mass is 484 g/mol. The number of anilines is 1. The summed E-state index contributed by atoms with van der Waals surface area (Å²) < 4.78 is 16.0. The lowest BCUT2D eigenvalue weighted by Gasteiger charge is -2.45. The highest BCUT2D eigenvalue weighted by molar-refractivity contribution is 6.14. The average molecular weight is 485 g/mol. The molecule has 2 heterocycles. The first-order chi connectivity index (χ1) is 16.6. The fraction of sp³-hybridized carbons (Fsp3) is 0.593. The van der Waals surface area contributed by atoms with Crippen LogP contribution in [0.2, 0.25) is 0 Å². The van der Waals surface area contributed by atoms with Crippen molar-refractivity contribution < 1.29 is 18.8 Å². The van der Waals surface area contributed by atoms with Crippen LogP contribution in [-0.4, -0.2) is 45.3 Å². The third-order valence-electron chi connectivity index (χ3n) is 7.45. The molecule has 1 aromatic carbocycles. The molecule has 1 aromatic heterocycles. The van der Waals surface area contributed by atoms with Crippen LogP contribution in [0.1, 0.15) is 83.1 Å². The van der Waals surface area contributed by atoms with Crippen LogP contribution in [0.15, 0.2) is 18.2 Å². The Morgan fingerprint density at radius 3 is 2.49 bits per heavy atom. The van der Waals surface area contributed by atoms with Crippen molar-refractivity contribution in [2.75, 3.05) is 11.9 Å². The molecule has 0 unspecified atom stereocenters. The highest BCUT2D eigenvalue weighted by Gasteiger charge is 2.49. The van der Waals surface area contributed by atoms with Crippen molar-refractivity contribution >= 4 is 34.3 Å². The number of hydrogen-bond acceptors (Lipinski definition) is 3. The van der Waals surface area contributed by atoms with E-state index in [0.29, 0.717) is 34.7 Å². The number of amides is 3. The number of benzene rings is 1. The van der Waals surface area contributed by atoms with Gasteiger partial charge in [-0.2, -0.15) is 0 Å². The zero-order valence-electron chi connectivity index (χ0n) is 21.2. The first-order valence-corrected chi connectivity index (χ1v) is 12.8. The fourth-order valence-corrected chi connectivity index (χ4v) is 5.46. The van der Waals surface area contributed by atoms with Crippen molar-refractivity contribution in [3.63, 3.8) is 0 Å². The summed E-state index contributed by atoms with van der Waals surface area (Å²) in [7, 11) is 0. The summed E-state index contributed by atoms with van der Waals surface area (Å²) in [5.41, 5.74) is 0.108. The Hall–Kier alpha value is -2.90. The van der Waals surface area contributed by atoms with Gasteiger partial charge in [0.05, 0.1) is 17.7 Å². The predicted octanol–water partition coefficient (Wildman–Crippen LogP) is 4.84. The minimum absolute atomic E-state index is 0.107. The van der Waals surface area contributed by atoms with Gasteiger partial charge in [-0.05, 0) is 50.3 Å². The number of fused-ring (bicyclic) bond motifs is 3. The van der Waals surface area contributed by atoms with Crippen LogP contribution in [0.25, 0.3) is 10.9 Å². The molecule has 1 fully saturated rings. The average Bonchev–Trinajstić information content (AvgIpc) is 2.92. The Bertz CT molecular complexity index is 1130. The lowest BCUT2D eigenvalue weighted by Crippen LogP contribution is -2.65. The highest BCUT2D eigenvalue weighted by Crippen LogP contribution is 2.39. The number of halogens is 1. The second kappa shape index (κ2) is 9.99. The van der Waals surface area contributed by atoms with E-state index in [0.717, 1.165) is 32.1 Å². The number of hydrogen-bond donors (Lipinski definition) is 2. The van der Waals surface area contributed by atoms with Gasteiger partial charge in [-0.25, -0.2) is 4.39 Å². The van der Waals surface area contributed by atoms with Crippen molar-refractivity contribution in [1.82, 2.24) is 14.8 Å². The van der Waals surface area contributed by atoms with Crippen LogP contribution in [-0.2, 0) is 16.1 Å². The Morgan fingerprint density at radius 1 is 1.17 bits per heavy atom. The molecule has 190 valence electrons. The van der Waals surface area contributed by atoms with E-state index >= 15 is 0 Å². The zero-order valence-corrected chi connectivity index (χ0v) is 21.2. The minimum Gasteiger partial charge on any atom is -0.351 e. The SMILES string of the molecule is CC(=O)Nc1c2n(c3ccc(F)cc13)C[C@@](C)(C(=O)NC1CCCCCC1)N(CCC(C)C)C2=O. The molecule has 3 amide bonds. The molecule has 0 radical (unpaired) electrons. The van der Waals surface area contributed by atoms with E-state index in [1.165, 1.54) is 31.9 Å². The van der Waals surface area contributed by atoms with E-state index in [1.54, 1.807) is 15.5 Å². The molecule has 35 heavy (non-hydrogen) atoms. The topological polar surface area (TPSA) is 83.4 Å². The lowest BCUT2D eigenvalue weighted by atomic mass is 9.92. The third kappa shape index (κ3) is 4.93. The number of rotatable bonds is 6. The van der Waals surface area contributed by atoms with Crippen molar-refractivity contribution in [3.8, 4) is 0 Å². The van der Waals surface area contributed by atoms with Gasteiger partial charge in [0.1, 0.15) is 17.1 Å². The van der Waals surface area contributed by atoms with Crippen LogP contribution in [0.3, 0.4) is 0 Å². The van der Waals surface area contributed by atoms with E-state index in [1.807, 2.05) is 6.92 Å². The standard InChI is InChI=1S/C27H37FN4O3/c1-17(2)13-14-32-25(34)24-23(29-18(3)33)21-15-19(28)11-12-22(21)31(24)16-27(32,4)26(35)30-20-9-7-5-6-8-10-20/h11-12,15,17,20H,5-10,13-14,16H2,1-4H3,(H,29,33)(H,30,35)/t27-/m0/s1. The second-order valence-corrected chi connectivity index (χ2v) is 10.7. The maximum atomic E-state index is 14.2. The van der Waals surface area contributed by atoms with Gasteiger partial charge in [0.25, 0.3) is 5.91 Å². The molecule has 2 N–H and O–H groups in total. The second-order valence-electron chi connectivity index (χ2n) is 10.7. The summed E-state index contributed by atoms with van der Waals surface area (Å²) in [6.45, 7) is 8.00. The predicted molar refractivity (Wildman–Crippen MR) is 135 cm³/mol. The first kappa shape index (κ1) is 25.2. The summed E-state index contributed by atoms with van der Waals surface area (Å²) in [6.07, 6.45) is 7.19. The maximum absolute atomic E-state index is 14.2. The number of aromatic nitrogens is 1. The normalized spacial score (nSPS) is 21.2. The summed E-state index contributed by atoms with van der Waals surface area (Å²) in [5.74, 6) is -0.933. The molecular weight excluding hydrogens is 447 g/mol. The van der Waals surface area contributed by atoms with Crippen LogP contribution in [0.5, 0.6) is 0 Å². The molecule has 1 saturated carbocycles. The Morgan fingerprint density at radius 2 is 1.86 bits per heavy atom. The summed E-state index contributed by atoms with van der Waals surface area (Å²) in [4.78, 5) is 41.5. The van der Waals surface area contributed by atoms with Crippen molar-refractivity contribution in [2.45, 2.75) is 90.8 Å². The molecule has 4 rings (SSSR count). The Labute approximate surface area is 206 Å². The van der Waals surface area contributed by atoms with Gasteiger partial charge in [-0.3, -0.25) is 14.4 Å². The molecule has 1 aliphatic carbocycles. The van der Waals surface area contributed by atoms with Crippen LogP contribution in [0, 0.1) is 11.7 Å². The van der Waals surface area contributed by atoms with Gasteiger partial charge < -0.3 is 20.1 Å². The fourth-order valence-electron chi connectivity index (χ4n) is 5.46. The van der Waals surface area contributed by atoms with Gasteiger partial charge in [-0.15, -0.1) is 0 Å². The molecule has 1 atom stereocenters. The zero-order chi connectivity index (χ0) is 25.3. The molecule has 7 nitrogen and oxygen atoms in total. The largest absolute Gasteiger partial charge is 0.351 e. The Kier molecular flexibility index (Phi) is 7.20. The molecule has 2 aromatic rings. The number of carbonyl (C=O) groups is 3. The summed E-state index contributed by atoms with van der Waals surface area (Å²) in [6, 6.07) is 4.39. The number of nitrogens with zero attached hydrogens (tertiary/aromatic N) is 2. The lowest BCUT2D eigenvalue weighted by molar-refractivity contribution is -0.133. The molecule has 0 spiro atoms. The quantitative estimate of drug-likeness (QED) is 0.576. The van der Waals surface area contributed by atoms with Crippen molar-refractivity contribution in [2.24, 2.45) is 5.92 Å². The van der Waals surface area contributed by atoms with E-state index in [4.69, 9.17) is 0 Å². The van der Waals surface area contributed by atoms with E-state index in [9.17, 15) is 18.8 Å². The van der Waals surface area contributed by atoms with Gasteiger partial charge in [-0.1, -0.05) is 39.5 Å². The summed E-state index contributed by atoms with van der Waals surface area (Å²) >= 11 is 0. The molecule has 8 heteroatoms. The van der Waals surface area contributed by atoms with Gasteiger partial charge >= 0.3 is 0 Å². The Balaban J connectivity index is 1.80. The molecule has 0 bridgehead atoms. The van der Waals surface area contributed by atoms with Crippen molar-refractivity contribution in [3.05, 3.63) is 29.7 Å². The van der Waals surface area contributed by atoms with E-state index in [-0.39, 0.29) is 30.3 Å². The molecule has 1 aliphatic heterocycles. The minimum atomic E-state index is -1.11. The van der Waals surface area contributed by atoms with Crippen LogP contribution < -0.4 is 10.6 Å². The van der Waals surface area contributed by atoms with Crippen LogP contribution >= 0.6 is 0 Å². The molecule has 2 aliphatic rings. The summed E-state index contributed by atoms with van der Waals surface area (Å²) in [5, 5.41) is 6.47. The number of nitrogens with one attached hydrogen (secondary N) is 2. The number of carbonyl (C=O) groups excluding carboxylic acids is 3. The van der Waals surface area contributed by atoms with E-state index < -0.39 is 11.4 Å². The van der Waals surface area contributed by atoms with Gasteiger partial charge in [0.15, 0.2) is 0 Å². The van der Waals surface area contributed by atoms with Crippen LogP contribution in [0.4, 0.5) is 10.1 Å². The third-order valence-corrected chi connectivity index (χ3v) is 7.45. The molecule has 0 saturated heterocycles.